The van der Waals surface area contributed by atoms with Crippen LogP contribution in [0.15, 0.2) is 42.9 Å². The molecule has 0 bridgehead atoms. The summed E-state index contributed by atoms with van der Waals surface area (Å²) in [5, 5.41) is 12.3. The third-order valence-corrected chi connectivity index (χ3v) is 3.64. The van der Waals surface area contributed by atoms with Crippen molar-refractivity contribution in [2.45, 2.75) is 0 Å². The van der Waals surface area contributed by atoms with Gasteiger partial charge in [0, 0.05) is 23.0 Å². The lowest BCUT2D eigenvalue weighted by molar-refractivity contribution is 0.102. The van der Waals surface area contributed by atoms with Crippen molar-refractivity contribution < 1.29 is 4.79 Å². The molecular formula is C13H8ClN5OS. The molecule has 6 nitrogen and oxygen atoms in total. The molecule has 0 atom stereocenters. The number of carbonyl (C=O) groups is 1. The molecule has 0 saturated heterocycles. The fraction of sp³-hybridized carbons (Fsp3) is 0. The number of rotatable bonds is 3. The van der Waals surface area contributed by atoms with Crippen LogP contribution in [-0.2, 0) is 0 Å². The highest BCUT2D eigenvalue weighted by molar-refractivity contribution is 7.18. The third kappa shape index (κ3) is 3.21. The summed E-state index contributed by atoms with van der Waals surface area (Å²) < 4.78 is 0. The van der Waals surface area contributed by atoms with Crippen LogP contribution in [0.5, 0.6) is 0 Å². The van der Waals surface area contributed by atoms with E-state index in [1.54, 1.807) is 12.1 Å². The second kappa shape index (κ2) is 5.94. The van der Waals surface area contributed by atoms with E-state index in [-0.39, 0.29) is 11.6 Å². The second-order valence-electron chi connectivity index (χ2n) is 3.97. The lowest BCUT2D eigenvalue weighted by atomic mass is 10.2. The van der Waals surface area contributed by atoms with E-state index in [2.05, 4.69) is 25.5 Å². The van der Waals surface area contributed by atoms with Crippen molar-refractivity contribution in [2.24, 2.45) is 0 Å². The van der Waals surface area contributed by atoms with Crippen molar-refractivity contribution in [1.29, 1.82) is 0 Å². The van der Waals surface area contributed by atoms with Crippen molar-refractivity contribution in [1.82, 2.24) is 20.2 Å². The van der Waals surface area contributed by atoms with Gasteiger partial charge in [-0.15, -0.1) is 10.2 Å². The summed E-state index contributed by atoms with van der Waals surface area (Å²) in [6.07, 6.45) is 4.33. The van der Waals surface area contributed by atoms with Crippen molar-refractivity contribution in [3.63, 3.8) is 0 Å². The zero-order valence-electron chi connectivity index (χ0n) is 10.5. The van der Waals surface area contributed by atoms with E-state index in [1.165, 1.54) is 29.9 Å². The smallest absolute Gasteiger partial charge is 0.277 e. The van der Waals surface area contributed by atoms with E-state index in [0.29, 0.717) is 15.2 Å². The minimum atomic E-state index is -0.378. The number of amides is 1. The van der Waals surface area contributed by atoms with Gasteiger partial charge in [-0.25, -0.2) is 4.98 Å². The Morgan fingerprint density at radius 3 is 2.90 bits per heavy atom. The predicted octanol–water partition coefficient (Wildman–Crippen LogP) is 2.90. The Hall–Kier alpha value is -2.38. The Labute approximate surface area is 128 Å². The lowest BCUT2D eigenvalue weighted by Crippen LogP contribution is -2.13. The van der Waals surface area contributed by atoms with Crippen LogP contribution in [0.4, 0.5) is 5.13 Å². The summed E-state index contributed by atoms with van der Waals surface area (Å²) in [5.74, 6) is -0.378. The van der Waals surface area contributed by atoms with Crippen LogP contribution in [0.2, 0.25) is 5.02 Å². The quantitative estimate of drug-likeness (QED) is 0.803. The normalized spacial score (nSPS) is 10.3. The number of carbonyl (C=O) groups excluding carboxylic acids is 1. The van der Waals surface area contributed by atoms with Crippen molar-refractivity contribution in [3.8, 4) is 10.6 Å². The summed E-state index contributed by atoms with van der Waals surface area (Å²) in [4.78, 5) is 19.7. The van der Waals surface area contributed by atoms with Crippen molar-refractivity contribution in [2.75, 3.05) is 5.32 Å². The maximum atomic E-state index is 11.9. The number of aromatic nitrogens is 4. The first kappa shape index (κ1) is 13.6. The minimum Gasteiger partial charge on any atom is -0.295 e. The number of benzene rings is 1. The molecule has 1 amide bonds. The van der Waals surface area contributed by atoms with Crippen LogP contribution >= 0.6 is 22.9 Å². The number of hydrogen-bond acceptors (Lipinski definition) is 6. The highest BCUT2D eigenvalue weighted by Crippen LogP contribution is 2.28. The summed E-state index contributed by atoms with van der Waals surface area (Å²) in [6, 6.07) is 7.27. The summed E-state index contributed by atoms with van der Waals surface area (Å²) >= 11 is 7.19. The van der Waals surface area contributed by atoms with Gasteiger partial charge in [-0.05, 0) is 12.1 Å². The zero-order valence-corrected chi connectivity index (χ0v) is 12.1. The summed E-state index contributed by atoms with van der Waals surface area (Å²) in [6.45, 7) is 0. The topological polar surface area (TPSA) is 80.7 Å². The molecule has 104 valence electrons. The molecule has 2 heterocycles. The lowest BCUT2D eigenvalue weighted by Gasteiger charge is -1.98. The van der Waals surface area contributed by atoms with Gasteiger partial charge in [0.25, 0.3) is 5.91 Å². The first-order chi connectivity index (χ1) is 10.2. The molecule has 0 aliphatic heterocycles. The number of nitrogens with zero attached hydrogens (tertiary/aromatic N) is 4. The molecule has 0 saturated carbocycles. The van der Waals surface area contributed by atoms with Gasteiger partial charge < -0.3 is 0 Å². The number of anilines is 1. The molecule has 0 unspecified atom stereocenters. The Morgan fingerprint density at radius 1 is 1.24 bits per heavy atom. The third-order valence-electron chi connectivity index (χ3n) is 2.51. The summed E-state index contributed by atoms with van der Waals surface area (Å²) in [5.41, 5.74) is 1.07. The van der Waals surface area contributed by atoms with Crippen LogP contribution in [0.25, 0.3) is 10.6 Å². The number of hydrogen-bond donors (Lipinski definition) is 1. The van der Waals surface area contributed by atoms with E-state index in [4.69, 9.17) is 11.6 Å². The maximum Gasteiger partial charge on any atom is 0.277 e. The van der Waals surface area contributed by atoms with E-state index >= 15 is 0 Å². The molecule has 21 heavy (non-hydrogen) atoms. The maximum absolute atomic E-state index is 11.9. The fourth-order valence-corrected chi connectivity index (χ4v) is 2.51. The van der Waals surface area contributed by atoms with Crippen LogP contribution in [0.3, 0.4) is 0 Å². The van der Waals surface area contributed by atoms with Gasteiger partial charge in [-0.3, -0.25) is 15.1 Å². The van der Waals surface area contributed by atoms with E-state index in [9.17, 15) is 4.79 Å². The van der Waals surface area contributed by atoms with E-state index < -0.39 is 0 Å². The van der Waals surface area contributed by atoms with Crippen molar-refractivity contribution in [3.05, 3.63) is 53.6 Å². The van der Waals surface area contributed by atoms with Gasteiger partial charge in [0.15, 0.2) is 0 Å². The monoisotopic (exact) mass is 317 g/mol. The predicted molar refractivity (Wildman–Crippen MR) is 80.3 cm³/mol. The SMILES string of the molecule is O=C(Nc1nnc(-c2cccc(Cl)c2)s1)c1cnccn1. The molecule has 1 N–H and O–H groups in total. The molecule has 1 aromatic carbocycles. The Balaban J connectivity index is 1.78. The largest absolute Gasteiger partial charge is 0.295 e. The number of halogens is 1. The molecule has 3 rings (SSSR count). The molecule has 8 heteroatoms. The van der Waals surface area contributed by atoms with Crippen molar-refractivity contribution >= 4 is 34.0 Å². The Morgan fingerprint density at radius 2 is 2.14 bits per heavy atom. The molecule has 0 aliphatic carbocycles. The fourth-order valence-electron chi connectivity index (χ4n) is 1.59. The van der Waals surface area contributed by atoms with Gasteiger partial charge >= 0.3 is 0 Å². The van der Waals surface area contributed by atoms with Crippen LogP contribution in [-0.4, -0.2) is 26.1 Å². The van der Waals surface area contributed by atoms with Crippen LogP contribution in [0, 0.1) is 0 Å². The first-order valence-corrected chi connectivity index (χ1v) is 7.08. The molecule has 0 spiro atoms. The molecule has 0 radical (unpaired) electrons. The number of nitrogens with one attached hydrogen (secondary N) is 1. The molecule has 0 aliphatic rings. The minimum absolute atomic E-state index is 0.219. The molecular weight excluding hydrogens is 310 g/mol. The second-order valence-corrected chi connectivity index (χ2v) is 5.38. The Bertz CT molecular complexity index is 777. The molecule has 3 aromatic rings. The van der Waals surface area contributed by atoms with Crippen LogP contribution < -0.4 is 5.32 Å². The van der Waals surface area contributed by atoms with E-state index in [1.807, 2.05) is 12.1 Å². The van der Waals surface area contributed by atoms with Gasteiger partial charge in [0.2, 0.25) is 5.13 Å². The zero-order chi connectivity index (χ0) is 14.7. The van der Waals surface area contributed by atoms with Gasteiger partial charge in [-0.1, -0.05) is 35.1 Å². The molecule has 2 aromatic heterocycles. The van der Waals surface area contributed by atoms with Crippen LogP contribution in [0.1, 0.15) is 10.5 Å². The first-order valence-electron chi connectivity index (χ1n) is 5.89. The van der Waals surface area contributed by atoms with Gasteiger partial charge in [0.05, 0.1) is 6.20 Å². The van der Waals surface area contributed by atoms with E-state index in [0.717, 1.165) is 5.56 Å². The Kier molecular flexibility index (Phi) is 3.85. The average Bonchev–Trinajstić information content (AvgIpc) is 2.97. The standard InChI is InChI=1S/C13H8ClN5OS/c14-9-3-1-2-8(6-9)12-18-19-13(21-12)17-11(20)10-7-15-4-5-16-10/h1-7H,(H,17,19,20). The molecule has 0 fully saturated rings. The highest BCUT2D eigenvalue weighted by atomic mass is 35.5. The highest BCUT2D eigenvalue weighted by Gasteiger charge is 2.12. The summed E-state index contributed by atoms with van der Waals surface area (Å²) in [7, 11) is 0. The van der Waals surface area contributed by atoms with Gasteiger partial charge in [-0.2, -0.15) is 0 Å². The average molecular weight is 318 g/mol. The van der Waals surface area contributed by atoms with Gasteiger partial charge in [0.1, 0.15) is 10.7 Å².